The zero-order chi connectivity index (χ0) is 17.0. The summed E-state index contributed by atoms with van der Waals surface area (Å²) >= 11 is 7.08. The first kappa shape index (κ1) is 17.1. The van der Waals surface area contributed by atoms with Crippen LogP contribution in [0, 0.1) is 11.3 Å². The molecule has 0 aliphatic heterocycles. The average Bonchev–Trinajstić information content (AvgIpc) is 2.87. The Morgan fingerprint density at radius 3 is 2.61 bits per heavy atom. The lowest BCUT2D eigenvalue weighted by atomic mass is 10.2. The van der Waals surface area contributed by atoms with Crippen LogP contribution in [0.25, 0.3) is 11.4 Å². The second kappa shape index (κ2) is 7.31. The minimum atomic E-state index is -0.325. The Kier molecular flexibility index (Phi) is 5.42. The number of thioether (sulfide) groups is 1. The normalized spacial score (nSPS) is 11.7. The fourth-order valence-electron chi connectivity index (χ4n) is 1.86. The largest absolute Gasteiger partial charge is 0.401 e. The lowest BCUT2D eigenvalue weighted by Crippen LogP contribution is -2.10. The van der Waals surface area contributed by atoms with Gasteiger partial charge in [-0.3, -0.25) is 4.79 Å². The summed E-state index contributed by atoms with van der Waals surface area (Å²) in [5.41, 5.74) is 6.60. The number of hydrogen-bond donors (Lipinski definition) is 1. The van der Waals surface area contributed by atoms with Crippen LogP contribution < -0.4 is 5.73 Å². The van der Waals surface area contributed by atoms with Crippen LogP contribution in [-0.2, 0) is 11.8 Å². The molecule has 23 heavy (non-hydrogen) atoms. The molecule has 0 unspecified atom stereocenters. The zero-order valence-electron chi connectivity index (χ0n) is 12.6. The maximum Gasteiger partial charge on any atom is 0.191 e. The van der Waals surface area contributed by atoms with Gasteiger partial charge in [0.15, 0.2) is 16.8 Å². The lowest BCUT2D eigenvalue weighted by Gasteiger charge is -2.04. The summed E-state index contributed by atoms with van der Waals surface area (Å²) in [6.45, 7) is 1.53. The predicted molar refractivity (Wildman–Crippen MR) is 89.7 cm³/mol. The molecular formula is C15H14ClN5OS. The quantitative estimate of drug-likeness (QED) is 0.507. The Balaban J connectivity index is 2.15. The van der Waals surface area contributed by atoms with Gasteiger partial charge in [0.25, 0.3) is 0 Å². The van der Waals surface area contributed by atoms with Crippen molar-refractivity contribution < 1.29 is 4.79 Å². The molecule has 118 valence electrons. The monoisotopic (exact) mass is 347 g/mol. The zero-order valence-corrected chi connectivity index (χ0v) is 14.1. The van der Waals surface area contributed by atoms with Gasteiger partial charge in [0.1, 0.15) is 11.6 Å². The van der Waals surface area contributed by atoms with Gasteiger partial charge >= 0.3 is 0 Å². The van der Waals surface area contributed by atoms with Crippen molar-refractivity contribution in [1.82, 2.24) is 14.8 Å². The fourth-order valence-corrected chi connectivity index (χ4v) is 2.77. The number of halogens is 1. The summed E-state index contributed by atoms with van der Waals surface area (Å²) in [5.74, 6) is 0.417. The van der Waals surface area contributed by atoms with Gasteiger partial charge in [0.2, 0.25) is 0 Å². The van der Waals surface area contributed by atoms with E-state index < -0.39 is 0 Å². The first-order chi connectivity index (χ1) is 10.9. The van der Waals surface area contributed by atoms with Crippen LogP contribution in [0.1, 0.15) is 6.92 Å². The first-order valence-corrected chi connectivity index (χ1v) is 7.98. The van der Waals surface area contributed by atoms with Crippen molar-refractivity contribution in [3.63, 3.8) is 0 Å². The van der Waals surface area contributed by atoms with E-state index in [-0.39, 0.29) is 22.8 Å². The topological polar surface area (TPSA) is 97.6 Å². The molecular weight excluding hydrogens is 334 g/mol. The number of aromatic nitrogens is 3. The molecule has 0 spiro atoms. The number of Topliss-reactive ketones (excluding diaryl/α,β-unsaturated/α-hetero) is 1. The molecule has 0 radical (unpaired) electrons. The number of nitriles is 1. The van der Waals surface area contributed by atoms with Crippen molar-refractivity contribution in [2.24, 2.45) is 12.8 Å². The molecule has 1 heterocycles. The molecule has 0 saturated carbocycles. The van der Waals surface area contributed by atoms with Crippen LogP contribution >= 0.6 is 23.4 Å². The SMILES string of the molecule is C/C(N)=C(/C#N)C(=O)CSc1nnc(-c2ccc(Cl)cc2)n1C. The molecule has 2 N–H and O–H groups in total. The van der Waals surface area contributed by atoms with E-state index in [1.54, 1.807) is 16.7 Å². The number of benzene rings is 1. The fraction of sp³-hybridized carbons (Fsp3) is 0.200. The highest BCUT2D eigenvalue weighted by Gasteiger charge is 2.16. The number of allylic oxidation sites excluding steroid dienone is 2. The van der Waals surface area contributed by atoms with E-state index >= 15 is 0 Å². The van der Waals surface area contributed by atoms with Gasteiger partial charge in [-0.25, -0.2) is 0 Å². The third-order valence-electron chi connectivity index (χ3n) is 3.05. The van der Waals surface area contributed by atoms with Crippen LogP contribution in [0.4, 0.5) is 0 Å². The van der Waals surface area contributed by atoms with Crippen molar-refractivity contribution >= 4 is 29.1 Å². The minimum Gasteiger partial charge on any atom is -0.401 e. The number of carbonyl (C=O) groups is 1. The van der Waals surface area contributed by atoms with Crippen LogP contribution in [0.3, 0.4) is 0 Å². The highest BCUT2D eigenvalue weighted by Crippen LogP contribution is 2.24. The molecule has 0 bridgehead atoms. The number of rotatable bonds is 5. The summed E-state index contributed by atoms with van der Waals surface area (Å²) in [6.07, 6.45) is 0. The van der Waals surface area contributed by atoms with Crippen LogP contribution in [-0.4, -0.2) is 26.3 Å². The highest BCUT2D eigenvalue weighted by atomic mass is 35.5. The van der Waals surface area contributed by atoms with E-state index in [0.717, 1.165) is 5.56 Å². The maximum absolute atomic E-state index is 12.0. The van der Waals surface area contributed by atoms with Crippen molar-refractivity contribution in [2.75, 3.05) is 5.75 Å². The summed E-state index contributed by atoms with van der Waals surface area (Å²) in [7, 11) is 1.81. The highest BCUT2D eigenvalue weighted by molar-refractivity contribution is 7.99. The van der Waals surface area contributed by atoms with Gasteiger partial charge in [0.05, 0.1) is 5.75 Å². The second-order valence-electron chi connectivity index (χ2n) is 4.75. The number of carbonyl (C=O) groups excluding carboxylic acids is 1. The Morgan fingerprint density at radius 1 is 1.39 bits per heavy atom. The van der Waals surface area contributed by atoms with E-state index in [1.165, 1.54) is 18.7 Å². The number of nitrogens with two attached hydrogens (primary N) is 1. The van der Waals surface area contributed by atoms with Crippen LogP contribution in [0.5, 0.6) is 0 Å². The standard InChI is InChI=1S/C15H14ClN5OS/c1-9(18)12(7-17)13(22)8-23-15-20-19-14(21(15)2)10-3-5-11(16)6-4-10/h3-6H,8,18H2,1-2H3/b12-9+. The third-order valence-corrected chi connectivity index (χ3v) is 4.33. The van der Waals surface area contributed by atoms with Gasteiger partial charge in [-0.15, -0.1) is 10.2 Å². The minimum absolute atomic E-state index is 0.0161. The van der Waals surface area contributed by atoms with Gasteiger partial charge in [0, 0.05) is 23.3 Å². The Bertz CT molecular complexity index is 800. The summed E-state index contributed by atoms with van der Waals surface area (Å²) in [6, 6.07) is 9.07. The molecule has 2 aromatic rings. The van der Waals surface area contributed by atoms with Gasteiger partial charge in [-0.2, -0.15) is 5.26 Å². The van der Waals surface area contributed by atoms with E-state index in [9.17, 15) is 4.79 Å². The van der Waals surface area contributed by atoms with Gasteiger partial charge in [-0.1, -0.05) is 23.4 Å². The van der Waals surface area contributed by atoms with E-state index in [0.29, 0.717) is 16.0 Å². The molecule has 0 aliphatic rings. The Morgan fingerprint density at radius 2 is 2.04 bits per heavy atom. The Hall–Kier alpha value is -2.30. The average molecular weight is 348 g/mol. The van der Waals surface area contributed by atoms with Crippen LogP contribution in [0.15, 0.2) is 40.7 Å². The van der Waals surface area contributed by atoms with E-state index in [1.807, 2.05) is 25.2 Å². The van der Waals surface area contributed by atoms with Crippen molar-refractivity contribution in [2.45, 2.75) is 12.1 Å². The molecule has 0 atom stereocenters. The first-order valence-electron chi connectivity index (χ1n) is 6.61. The van der Waals surface area contributed by atoms with Crippen molar-refractivity contribution in [1.29, 1.82) is 5.26 Å². The smallest absolute Gasteiger partial charge is 0.191 e. The molecule has 0 fully saturated rings. The second-order valence-corrected chi connectivity index (χ2v) is 6.13. The maximum atomic E-state index is 12.0. The van der Waals surface area contributed by atoms with Gasteiger partial charge < -0.3 is 10.3 Å². The van der Waals surface area contributed by atoms with Crippen LogP contribution in [0.2, 0.25) is 5.02 Å². The molecule has 1 aromatic carbocycles. The third kappa shape index (κ3) is 3.92. The Labute approximate surface area is 143 Å². The molecule has 0 aliphatic carbocycles. The molecule has 0 amide bonds. The predicted octanol–water partition coefficient (Wildman–Crippen LogP) is 2.55. The molecule has 1 aromatic heterocycles. The lowest BCUT2D eigenvalue weighted by molar-refractivity contribution is -0.112. The number of hydrogen-bond acceptors (Lipinski definition) is 6. The van der Waals surface area contributed by atoms with Gasteiger partial charge in [-0.05, 0) is 31.2 Å². The molecule has 8 heteroatoms. The van der Waals surface area contributed by atoms with Crippen molar-refractivity contribution in [3.8, 4) is 17.5 Å². The molecule has 2 rings (SSSR count). The summed E-state index contributed by atoms with van der Waals surface area (Å²) < 4.78 is 1.78. The summed E-state index contributed by atoms with van der Waals surface area (Å²) in [5, 5.41) is 18.4. The number of ketones is 1. The number of nitrogens with zero attached hydrogens (tertiary/aromatic N) is 4. The van der Waals surface area contributed by atoms with E-state index in [4.69, 9.17) is 22.6 Å². The molecule has 0 saturated heterocycles. The summed E-state index contributed by atoms with van der Waals surface area (Å²) in [4.78, 5) is 12.0. The van der Waals surface area contributed by atoms with E-state index in [2.05, 4.69) is 10.2 Å². The molecule has 6 nitrogen and oxygen atoms in total. The van der Waals surface area contributed by atoms with Crippen molar-refractivity contribution in [3.05, 3.63) is 40.6 Å².